The lowest BCUT2D eigenvalue weighted by atomic mass is 9.77. The topological polar surface area (TPSA) is 12.0 Å². The minimum atomic E-state index is 0. The molecule has 1 N–H and O–H groups in total. The molecule has 0 saturated heterocycles. The van der Waals surface area contributed by atoms with E-state index in [-0.39, 0.29) is 12.4 Å². The van der Waals surface area contributed by atoms with E-state index in [0.717, 1.165) is 18.4 Å². The molecule has 3 rings (SSSR count). The molecule has 0 radical (unpaired) electrons. The molecule has 2 atom stereocenters. The van der Waals surface area contributed by atoms with Crippen molar-refractivity contribution >= 4 is 35.6 Å². The van der Waals surface area contributed by atoms with E-state index in [4.69, 9.17) is 23.2 Å². The number of nitrogens with one attached hydrogen (secondary N) is 1. The molecule has 0 bridgehead atoms. The van der Waals surface area contributed by atoms with Crippen LogP contribution in [0.1, 0.15) is 41.5 Å². The van der Waals surface area contributed by atoms with E-state index in [9.17, 15) is 0 Å². The first-order chi connectivity index (χ1) is 9.72. The van der Waals surface area contributed by atoms with Gasteiger partial charge in [0.2, 0.25) is 0 Å². The number of rotatable bonds is 2. The first kappa shape index (κ1) is 16.6. The van der Waals surface area contributed by atoms with Crippen molar-refractivity contribution in [2.45, 2.75) is 24.8 Å². The van der Waals surface area contributed by atoms with Crippen molar-refractivity contribution in [3.63, 3.8) is 0 Å². The Morgan fingerprint density at radius 2 is 1.57 bits per heavy atom. The molecule has 2 unspecified atom stereocenters. The van der Waals surface area contributed by atoms with Gasteiger partial charge >= 0.3 is 0 Å². The van der Waals surface area contributed by atoms with Crippen LogP contribution in [-0.2, 0) is 0 Å². The summed E-state index contributed by atoms with van der Waals surface area (Å²) in [6, 6.07) is 15.0. The van der Waals surface area contributed by atoms with Crippen LogP contribution in [0.5, 0.6) is 0 Å². The van der Waals surface area contributed by atoms with E-state index in [0.29, 0.717) is 22.0 Å². The standard InChI is InChI=1S/C17H17Cl2N.ClH/c1-20-16-10-9-12(11-5-2-3-6-13(11)16)14-7-4-8-15(18)17(14)19;/h2-8,12,16,20H,9-10H2,1H3;1H. The fourth-order valence-electron chi connectivity index (χ4n) is 3.20. The van der Waals surface area contributed by atoms with Crippen LogP contribution in [0.3, 0.4) is 0 Å². The van der Waals surface area contributed by atoms with Crippen molar-refractivity contribution in [2.75, 3.05) is 7.05 Å². The molecule has 0 spiro atoms. The van der Waals surface area contributed by atoms with E-state index in [1.165, 1.54) is 11.1 Å². The predicted molar refractivity (Wildman–Crippen MR) is 93.0 cm³/mol. The molecular weight excluding hydrogens is 325 g/mol. The largest absolute Gasteiger partial charge is 0.313 e. The summed E-state index contributed by atoms with van der Waals surface area (Å²) in [6.45, 7) is 0. The molecule has 2 aromatic rings. The normalized spacial score (nSPS) is 20.5. The van der Waals surface area contributed by atoms with Crippen LogP contribution in [0.25, 0.3) is 0 Å². The Morgan fingerprint density at radius 3 is 2.29 bits per heavy atom. The minimum Gasteiger partial charge on any atom is -0.313 e. The highest BCUT2D eigenvalue weighted by Crippen LogP contribution is 2.44. The van der Waals surface area contributed by atoms with E-state index in [1.54, 1.807) is 0 Å². The summed E-state index contributed by atoms with van der Waals surface area (Å²) >= 11 is 12.6. The smallest absolute Gasteiger partial charge is 0.0630 e. The number of halogens is 3. The minimum absolute atomic E-state index is 0. The zero-order valence-electron chi connectivity index (χ0n) is 11.8. The molecule has 1 nitrogen and oxygen atoms in total. The van der Waals surface area contributed by atoms with Gasteiger partial charge in [0.05, 0.1) is 10.0 Å². The van der Waals surface area contributed by atoms with E-state index in [1.807, 2.05) is 19.2 Å². The van der Waals surface area contributed by atoms with E-state index in [2.05, 4.69) is 35.6 Å². The Kier molecular flexibility index (Phi) is 5.56. The van der Waals surface area contributed by atoms with Crippen LogP contribution in [0.4, 0.5) is 0 Å². The van der Waals surface area contributed by atoms with Crippen LogP contribution in [0.2, 0.25) is 10.0 Å². The Balaban J connectivity index is 0.00000161. The summed E-state index contributed by atoms with van der Waals surface area (Å²) in [5, 5.41) is 4.73. The lowest BCUT2D eigenvalue weighted by Crippen LogP contribution is -2.24. The Hall–Kier alpha value is -0.730. The van der Waals surface area contributed by atoms with Gasteiger partial charge in [-0.1, -0.05) is 59.6 Å². The van der Waals surface area contributed by atoms with Gasteiger partial charge in [0.1, 0.15) is 0 Å². The molecule has 4 heteroatoms. The molecule has 1 aliphatic carbocycles. The van der Waals surface area contributed by atoms with Gasteiger partial charge in [-0.3, -0.25) is 0 Å². The summed E-state index contributed by atoms with van der Waals surface area (Å²) < 4.78 is 0. The third-order valence-corrected chi connectivity index (χ3v) is 5.03. The van der Waals surface area contributed by atoms with Crippen LogP contribution in [-0.4, -0.2) is 7.05 Å². The first-order valence-corrected chi connectivity index (χ1v) is 7.68. The molecule has 0 amide bonds. The molecule has 0 aromatic heterocycles. The van der Waals surface area contributed by atoms with Crippen molar-refractivity contribution in [1.82, 2.24) is 5.32 Å². The zero-order valence-corrected chi connectivity index (χ0v) is 14.1. The molecule has 112 valence electrons. The van der Waals surface area contributed by atoms with Gasteiger partial charge < -0.3 is 5.32 Å². The van der Waals surface area contributed by atoms with Crippen LogP contribution >= 0.6 is 35.6 Å². The van der Waals surface area contributed by atoms with Gasteiger partial charge in [-0.05, 0) is 42.6 Å². The van der Waals surface area contributed by atoms with Gasteiger partial charge in [-0.25, -0.2) is 0 Å². The lowest BCUT2D eigenvalue weighted by Gasteiger charge is -2.32. The van der Waals surface area contributed by atoms with E-state index < -0.39 is 0 Å². The summed E-state index contributed by atoms with van der Waals surface area (Å²) in [5.41, 5.74) is 3.88. The average Bonchev–Trinajstić information content (AvgIpc) is 2.49. The van der Waals surface area contributed by atoms with Crippen molar-refractivity contribution in [1.29, 1.82) is 0 Å². The van der Waals surface area contributed by atoms with Crippen LogP contribution < -0.4 is 5.32 Å². The maximum Gasteiger partial charge on any atom is 0.0630 e. The zero-order chi connectivity index (χ0) is 14.1. The van der Waals surface area contributed by atoms with Crippen molar-refractivity contribution in [3.8, 4) is 0 Å². The second kappa shape index (κ2) is 7.02. The summed E-state index contributed by atoms with van der Waals surface area (Å²) in [5.74, 6) is 0.335. The van der Waals surface area contributed by atoms with E-state index >= 15 is 0 Å². The predicted octanol–water partition coefficient (Wildman–Crippen LogP) is 5.60. The SMILES string of the molecule is CNC1CCC(c2cccc(Cl)c2Cl)c2ccccc21.Cl. The fourth-order valence-corrected chi connectivity index (χ4v) is 3.64. The highest BCUT2D eigenvalue weighted by Gasteiger charge is 2.28. The average molecular weight is 343 g/mol. The highest BCUT2D eigenvalue weighted by atomic mass is 35.5. The van der Waals surface area contributed by atoms with Gasteiger partial charge in [-0.2, -0.15) is 0 Å². The maximum atomic E-state index is 6.42. The van der Waals surface area contributed by atoms with Crippen LogP contribution in [0, 0.1) is 0 Å². The Labute approximate surface area is 142 Å². The maximum absolute atomic E-state index is 6.42. The molecule has 2 aromatic carbocycles. The number of hydrogen-bond donors (Lipinski definition) is 1. The number of hydrogen-bond acceptors (Lipinski definition) is 1. The lowest BCUT2D eigenvalue weighted by molar-refractivity contribution is 0.471. The molecule has 1 aliphatic rings. The third-order valence-electron chi connectivity index (χ3n) is 4.20. The number of fused-ring (bicyclic) bond motifs is 1. The summed E-state index contributed by atoms with van der Waals surface area (Å²) in [7, 11) is 2.02. The summed E-state index contributed by atoms with van der Waals surface area (Å²) in [4.78, 5) is 0. The molecule has 21 heavy (non-hydrogen) atoms. The second-order valence-electron chi connectivity index (χ2n) is 5.24. The first-order valence-electron chi connectivity index (χ1n) is 6.92. The quantitative estimate of drug-likeness (QED) is 0.749. The van der Waals surface area contributed by atoms with Gasteiger partial charge in [0.25, 0.3) is 0 Å². The molecular formula is C17H18Cl3N. The van der Waals surface area contributed by atoms with Crippen LogP contribution in [0.15, 0.2) is 42.5 Å². The van der Waals surface area contributed by atoms with Gasteiger partial charge in [0.15, 0.2) is 0 Å². The molecule has 0 saturated carbocycles. The van der Waals surface area contributed by atoms with Crippen molar-refractivity contribution in [3.05, 3.63) is 69.2 Å². The highest BCUT2D eigenvalue weighted by molar-refractivity contribution is 6.42. The van der Waals surface area contributed by atoms with Crippen molar-refractivity contribution < 1.29 is 0 Å². The fraction of sp³-hybridized carbons (Fsp3) is 0.294. The summed E-state index contributed by atoms with van der Waals surface area (Å²) in [6.07, 6.45) is 2.20. The molecule has 0 heterocycles. The van der Waals surface area contributed by atoms with Gasteiger partial charge in [-0.15, -0.1) is 12.4 Å². The molecule has 0 fully saturated rings. The van der Waals surface area contributed by atoms with Gasteiger partial charge in [0, 0.05) is 12.0 Å². The number of benzene rings is 2. The Bertz CT molecular complexity index is 627. The second-order valence-corrected chi connectivity index (χ2v) is 6.03. The van der Waals surface area contributed by atoms with Crippen molar-refractivity contribution in [2.24, 2.45) is 0 Å². The Morgan fingerprint density at radius 1 is 0.905 bits per heavy atom. The third kappa shape index (κ3) is 3.07. The monoisotopic (exact) mass is 341 g/mol. The molecule has 0 aliphatic heterocycles.